The van der Waals surface area contributed by atoms with Crippen molar-refractivity contribution < 1.29 is 0 Å². The zero-order valence-electron chi connectivity index (χ0n) is 9.13. The van der Waals surface area contributed by atoms with Crippen molar-refractivity contribution >= 4 is 0 Å². The van der Waals surface area contributed by atoms with Crippen LogP contribution in [0.15, 0.2) is 0 Å². The van der Waals surface area contributed by atoms with Crippen molar-refractivity contribution in [3.8, 4) is 0 Å². The first-order valence-corrected chi connectivity index (χ1v) is 5.68. The molecule has 0 spiro atoms. The Balaban J connectivity index is 2.29. The van der Waals surface area contributed by atoms with Gasteiger partial charge < -0.3 is 10.6 Å². The van der Waals surface area contributed by atoms with Crippen molar-refractivity contribution in [2.45, 2.75) is 33.1 Å². The zero-order chi connectivity index (χ0) is 9.68. The lowest BCUT2D eigenvalue weighted by Crippen LogP contribution is -2.40. The van der Waals surface area contributed by atoms with Crippen LogP contribution in [-0.2, 0) is 0 Å². The third-order valence-corrected chi connectivity index (χ3v) is 3.08. The van der Waals surface area contributed by atoms with E-state index in [1.165, 1.54) is 32.5 Å². The highest BCUT2D eigenvalue weighted by molar-refractivity contribution is 4.76. The molecule has 0 amide bonds. The molecule has 1 aliphatic heterocycles. The molecule has 1 rings (SSSR count). The second-order valence-corrected chi connectivity index (χ2v) is 4.52. The maximum Gasteiger partial charge on any atom is 0.000979 e. The average molecular weight is 184 g/mol. The first-order valence-electron chi connectivity index (χ1n) is 5.68. The van der Waals surface area contributed by atoms with Crippen LogP contribution in [0, 0.1) is 11.8 Å². The molecular formula is C11H24N2. The van der Waals surface area contributed by atoms with E-state index in [2.05, 4.69) is 18.7 Å². The van der Waals surface area contributed by atoms with Gasteiger partial charge in [-0.15, -0.1) is 0 Å². The molecule has 2 N–H and O–H groups in total. The van der Waals surface area contributed by atoms with E-state index in [-0.39, 0.29) is 0 Å². The van der Waals surface area contributed by atoms with Crippen LogP contribution in [0.3, 0.4) is 0 Å². The minimum absolute atomic E-state index is 0.835. The van der Waals surface area contributed by atoms with Crippen LogP contribution >= 0.6 is 0 Å². The van der Waals surface area contributed by atoms with Gasteiger partial charge in [0.15, 0.2) is 0 Å². The second kappa shape index (κ2) is 5.61. The highest BCUT2D eigenvalue weighted by Crippen LogP contribution is 2.23. The summed E-state index contributed by atoms with van der Waals surface area (Å²) in [4.78, 5) is 2.59. The van der Waals surface area contributed by atoms with E-state index in [0.717, 1.165) is 24.8 Å². The number of nitrogens with zero attached hydrogens (tertiary/aromatic N) is 1. The van der Waals surface area contributed by atoms with E-state index in [1.807, 2.05) is 0 Å². The first-order chi connectivity index (χ1) is 6.26. The van der Waals surface area contributed by atoms with Crippen LogP contribution in [0.25, 0.3) is 0 Å². The predicted molar refractivity (Wildman–Crippen MR) is 57.7 cm³/mol. The van der Waals surface area contributed by atoms with Gasteiger partial charge in [0.05, 0.1) is 0 Å². The maximum absolute atomic E-state index is 5.52. The summed E-state index contributed by atoms with van der Waals surface area (Å²) in [6.07, 6.45) is 3.92. The lowest BCUT2D eigenvalue weighted by atomic mass is 9.89. The van der Waals surface area contributed by atoms with E-state index < -0.39 is 0 Å². The molecule has 1 saturated heterocycles. The number of piperidine rings is 1. The quantitative estimate of drug-likeness (QED) is 0.720. The third-order valence-electron chi connectivity index (χ3n) is 3.08. The molecule has 1 heterocycles. The molecule has 0 aliphatic carbocycles. The molecule has 0 aromatic carbocycles. The number of rotatable bonds is 4. The summed E-state index contributed by atoms with van der Waals surface area (Å²) in [5.41, 5.74) is 5.52. The Morgan fingerprint density at radius 3 is 2.77 bits per heavy atom. The first kappa shape index (κ1) is 11.0. The smallest absolute Gasteiger partial charge is 0.000979 e. The summed E-state index contributed by atoms with van der Waals surface area (Å²) < 4.78 is 0. The van der Waals surface area contributed by atoms with Crippen LogP contribution < -0.4 is 5.73 Å². The highest BCUT2D eigenvalue weighted by Gasteiger charge is 2.22. The molecular weight excluding hydrogens is 160 g/mol. The van der Waals surface area contributed by atoms with Crippen molar-refractivity contribution in [3.63, 3.8) is 0 Å². The fourth-order valence-corrected chi connectivity index (χ4v) is 2.39. The summed E-state index contributed by atoms with van der Waals surface area (Å²) in [6, 6.07) is 0. The Morgan fingerprint density at radius 1 is 1.38 bits per heavy atom. The van der Waals surface area contributed by atoms with Crippen LogP contribution in [-0.4, -0.2) is 31.1 Å². The molecule has 1 aliphatic rings. The predicted octanol–water partition coefficient (Wildman–Crippen LogP) is 1.70. The van der Waals surface area contributed by atoms with Crippen LogP contribution in [0.4, 0.5) is 0 Å². The molecule has 2 unspecified atom stereocenters. The summed E-state index contributed by atoms with van der Waals surface area (Å²) in [6.45, 7) is 9.32. The summed E-state index contributed by atoms with van der Waals surface area (Å²) in [7, 11) is 0. The molecule has 13 heavy (non-hydrogen) atoms. The monoisotopic (exact) mass is 184 g/mol. The largest absolute Gasteiger partial charge is 0.330 e. The molecule has 1 fully saturated rings. The minimum Gasteiger partial charge on any atom is -0.330 e. The van der Waals surface area contributed by atoms with Gasteiger partial charge >= 0.3 is 0 Å². The summed E-state index contributed by atoms with van der Waals surface area (Å²) in [5.74, 6) is 1.82. The van der Waals surface area contributed by atoms with Crippen LogP contribution in [0.2, 0.25) is 0 Å². The van der Waals surface area contributed by atoms with Gasteiger partial charge in [-0.1, -0.05) is 20.3 Å². The topological polar surface area (TPSA) is 29.3 Å². The van der Waals surface area contributed by atoms with Crippen LogP contribution in [0.5, 0.6) is 0 Å². The molecule has 0 saturated carbocycles. The standard InChI is InChI=1S/C11H24N2/c1-3-11-7-10(2)8-13(9-11)6-4-5-12/h10-11H,3-9,12H2,1-2H3. The fourth-order valence-electron chi connectivity index (χ4n) is 2.39. The maximum atomic E-state index is 5.52. The number of likely N-dealkylation sites (tertiary alicyclic amines) is 1. The number of hydrogen-bond donors (Lipinski definition) is 1. The zero-order valence-corrected chi connectivity index (χ0v) is 9.13. The Morgan fingerprint density at radius 2 is 2.15 bits per heavy atom. The van der Waals surface area contributed by atoms with Crippen molar-refractivity contribution in [2.24, 2.45) is 17.6 Å². The second-order valence-electron chi connectivity index (χ2n) is 4.52. The van der Waals surface area contributed by atoms with E-state index in [0.29, 0.717) is 0 Å². The molecule has 78 valence electrons. The molecule has 2 heteroatoms. The van der Waals surface area contributed by atoms with Gasteiger partial charge in [0.1, 0.15) is 0 Å². The van der Waals surface area contributed by atoms with Crippen molar-refractivity contribution in [1.29, 1.82) is 0 Å². The van der Waals surface area contributed by atoms with E-state index in [9.17, 15) is 0 Å². The molecule has 0 radical (unpaired) electrons. The van der Waals surface area contributed by atoms with Gasteiger partial charge in [-0.2, -0.15) is 0 Å². The van der Waals surface area contributed by atoms with Crippen molar-refractivity contribution in [3.05, 3.63) is 0 Å². The van der Waals surface area contributed by atoms with Gasteiger partial charge in [0.25, 0.3) is 0 Å². The Kier molecular flexibility index (Phi) is 4.74. The average Bonchev–Trinajstić information content (AvgIpc) is 2.14. The Labute approximate surface area is 82.5 Å². The Bertz CT molecular complexity index is 136. The third kappa shape index (κ3) is 3.65. The normalized spacial score (nSPS) is 30.7. The summed E-state index contributed by atoms with van der Waals surface area (Å²) in [5, 5.41) is 0. The van der Waals surface area contributed by atoms with E-state index in [4.69, 9.17) is 5.73 Å². The lowest BCUT2D eigenvalue weighted by Gasteiger charge is -2.36. The van der Waals surface area contributed by atoms with E-state index in [1.54, 1.807) is 0 Å². The van der Waals surface area contributed by atoms with Gasteiger partial charge in [0, 0.05) is 13.1 Å². The van der Waals surface area contributed by atoms with Crippen molar-refractivity contribution in [2.75, 3.05) is 26.2 Å². The number of nitrogens with two attached hydrogens (primary N) is 1. The fraction of sp³-hybridized carbons (Fsp3) is 1.00. The van der Waals surface area contributed by atoms with Gasteiger partial charge in [-0.3, -0.25) is 0 Å². The van der Waals surface area contributed by atoms with E-state index >= 15 is 0 Å². The van der Waals surface area contributed by atoms with Crippen LogP contribution in [0.1, 0.15) is 33.1 Å². The molecule has 2 nitrogen and oxygen atoms in total. The summed E-state index contributed by atoms with van der Waals surface area (Å²) >= 11 is 0. The molecule has 0 bridgehead atoms. The van der Waals surface area contributed by atoms with Gasteiger partial charge in [-0.05, 0) is 37.8 Å². The minimum atomic E-state index is 0.835. The molecule has 0 aromatic heterocycles. The highest BCUT2D eigenvalue weighted by atomic mass is 15.1. The van der Waals surface area contributed by atoms with Gasteiger partial charge in [-0.25, -0.2) is 0 Å². The SMILES string of the molecule is CCC1CC(C)CN(CCCN)C1. The molecule has 0 aromatic rings. The number of hydrogen-bond acceptors (Lipinski definition) is 2. The Hall–Kier alpha value is -0.0800. The molecule has 2 atom stereocenters. The van der Waals surface area contributed by atoms with Gasteiger partial charge in [0.2, 0.25) is 0 Å². The van der Waals surface area contributed by atoms with Crippen molar-refractivity contribution in [1.82, 2.24) is 4.90 Å². The lowest BCUT2D eigenvalue weighted by molar-refractivity contribution is 0.129.